The van der Waals surface area contributed by atoms with Crippen LogP contribution in [0.5, 0.6) is 0 Å². The van der Waals surface area contributed by atoms with Gasteiger partial charge in [-0.05, 0) is 36.8 Å². The zero-order valence-electron chi connectivity index (χ0n) is 13.4. The number of nitrogens with zero attached hydrogens (tertiary/aromatic N) is 1. The highest BCUT2D eigenvalue weighted by atomic mass is 32.1. The summed E-state index contributed by atoms with van der Waals surface area (Å²) in [6.07, 6.45) is 3.08. The number of carbonyl (C=O) groups is 1. The number of aliphatic hydroxyl groups excluding tert-OH is 1. The third-order valence-corrected chi connectivity index (χ3v) is 6.13. The molecule has 2 fully saturated rings. The van der Waals surface area contributed by atoms with E-state index >= 15 is 0 Å². The van der Waals surface area contributed by atoms with Gasteiger partial charge >= 0.3 is 0 Å². The fraction of sp³-hybridized carbons (Fsp3) is 0.706. The van der Waals surface area contributed by atoms with Crippen molar-refractivity contribution in [3.8, 4) is 0 Å². The van der Waals surface area contributed by atoms with Gasteiger partial charge in [0.25, 0.3) is 0 Å². The quantitative estimate of drug-likeness (QED) is 0.858. The van der Waals surface area contributed by atoms with E-state index in [1.54, 1.807) is 11.3 Å². The second kappa shape index (κ2) is 7.75. The minimum atomic E-state index is -0.536. The highest BCUT2D eigenvalue weighted by Crippen LogP contribution is 2.34. The second-order valence-corrected chi connectivity index (χ2v) is 7.54. The highest BCUT2D eigenvalue weighted by Gasteiger charge is 2.38. The van der Waals surface area contributed by atoms with E-state index in [-0.39, 0.29) is 17.9 Å². The van der Waals surface area contributed by atoms with Crippen molar-refractivity contribution >= 4 is 17.2 Å². The van der Waals surface area contributed by atoms with Crippen molar-refractivity contribution in [3.63, 3.8) is 0 Å². The lowest BCUT2D eigenvalue weighted by atomic mass is 9.93. The number of thiophene rings is 1. The Morgan fingerprint density at radius 3 is 3.13 bits per heavy atom. The largest absolute Gasteiger partial charge is 0.387 e. The molecule has 1 aromatic rings. The topological polar surface area (TPSA) is 75.8 Å². The maximum atomic E-state index is 13.0. The molecule has 0 bridgehead atoms. The number of hydrogen-bond acceptors (Lipinski definition) is 5. The first-order chi connectivity index (χ1) is 11.2. The predicted octanol–water partition coefficient (Wildman–Crippen LogP) is 1.77. The van der Waals surface area contributed by atoms with E-state index in [0.29, 0.717) is 38.6 Å². The number of carbonyl (C=O) groups excluding carboxylic acids is 1. The molecule has 2 aliphatic rings. The average Bonchev–Trinajstić information content (AvgIpc) is 3.26. The first kappa shape index (κ1) is 16.9. The molecule has 1 aliphatic carbocycles. The number of nitrogens with two attached hydrogens (primary N) is 1. The summed E-state index contributed by atoms with van der Waals surface area (Å²) in [5.41, 5.74) is 5.84. The predicted molar refractivity (Wildman–Crippen MR) is 90.1 cm³/mol. The molecular weight excluding hydrogens is 312 g/mol. The van der Waals surface area contributed by atoms with Crippen molar-refractivity contribution in [3.05, 3.63) is 22.4 Å². The Kier molecular flexibility index (Phi) is 5.69. The van der Waals surface area contributed by atoms with Crippen LogP contribution in [0.4, 0.5) is 0 Å². The van der Waals surface area contributed by atoms with Gasteiger partial charge in [0, 0.05) is 23.8 Å². The number of rotatable bonds is 5. The first-order valence-corrected chi connectivity index (χ1v) is 9.38. The SMILES string of the molecule is NC[C@H]1CCC[C@H]1C(=O)N1CCOCC1CC(O)c1cccs1. The van der Waals surface area contributed by atoms with Gasteiger partial charge in [-0.3, -0.25) is 4.79 Å². The van der Waals surface area contributed by atoms with Gasteiger partial charge in [-0.25, -0.2) is 0 Å². The van der Waals surface area contributed by atoms with Crippen LogP contribution in [-0.4, -0.2) is 48.3 Å². The monoisotopic (exact) mass is 338 g/mol. The van der Waals surface area contributed by atoms with E-state index in [4.69, 9.17) is 10.5 Å². The third kappa shape index (κ3) is 3.76. The Hall–Kier alpha value is -0.950. The fourth-order valence-corrected chi connectivity index (χ4v) is 4.58. The molecular formula is C17H26N2O3S. The smallest absolute Gasteiger partial charge is 0.226 e. The van der Waals surface area contributed by atoms with Crippen LogP contribution in [0.15, 0.2) is 17.5 Å². The lowest BCUT2D eigenvalue weighted by Crippen LogP contribution is -2.52. The normalized spacial score (nSPS) is 29.7. The average molecular weight is 338 g/mol. The van der Waals surface area contributed by atoms with Gasteiger partial charge < -0.3 is 20.5 Å². The Balaban J connectivity index is 1.67. The molecule has 1 aromatic heterocycles. The van der Waals surface area contributed by atoms with Crippen LogP contribution in [0.2, 0.25) is 0 Å². The zero-order valence-corrected chi connectivity index (χ0v) is 14.2. The molecule has 1 saturated heterocycles. The van der Waals surface area contributed by atoms with Crippen LogP contribution in [0.3, 0.4) is 0 Å². The van der Waals surface area contributed by atoms with Gasteiger partial charge in [0.05, 0.1) is 25.4 Å². The molecule has 1 saturated carbocycles. The molecule has 0 aromatic carbocycles. The van der Waals surface area contributed by atoms with Crippen molar-refractivity contribution in [1.29, 1.82) is 0 Å². The van der Waals surface area contributed by atoms with Crippen LogP contribution < -0.4 is 5.73 Å². The standard InChI is InChI=1S/C17H26N2O3S/c18-10-12-3-1-4-14(12)17(21)19-6-7-22-11-13(19)9-15(20)16-5-2-8-23-16/h2,5,8,12-15,20H,1,3-4,6-7,9-11,18H2/t12-,13?,14-,15?/m1/s1. The molecule has 0 radical (unpaired) electrons. The van der Waals surface area contributed by atoms with E-state index in [0.717, 1.165) is 24.1 Å². The summed E-state index contributed by atoms with van der Waals surface area (Å²) >= 11 is 1.55. The summed E-state index contributed by atoms with van der Waals surface area (Å²) in [5, 5.41) is 12.4. The molecule has 6 heteroatoms. The number of aliphatic hydroxyl groups is 1. The van der Waals surface area contributed by atoms with E-state index in [9.17, 15) is 9.90 Å². The van der Waals surface area contributed by atoms with Crippen LogP contribution in [0.25, 0.3) is 0 Å². The summed E-state index contributed by atoms with van der Waals surface area (Å²) in [4.78, 5) is 15.9. The van der Waals surface area contributed by atoms with E-state index in [1.807, 2.05) is 22.4 Å². The Morgan fingerprint density at radius 1 is 1.52 bits per heavy atom. The summed E-state index contributed by atoms with van der Waals surface area (Å²) in [5.74, 6) is 0.581. The van der Waals surface area contributed by atoms with Crippen LogP contribution in [-0.2, 0) is 9.53 Å². The van der Waals surface area contributed by atoms with Gasteiger partial charge in [0.2, 0.25) is 5.91 Å². The van der Waals surface area contributed by atoms with Gasteiger partial charge in [-0.2, -0.15) is 0 Å². The van der Waals surface area contributed by atoms with Crippen molar-refractivity contribution in [2.75, 3.05) is 26.3 Å². The van der Waals surface area contributed by atoms with Gasteiger partial charge in [0.15, 0.2) is 0 Å². The molecule has 3 N–H and O–H groups in total. The minimum Gasteiger partial charge on any atom is -0.387 e. The maximum absolute atomic E-state index is 13.0. The summed E-state index contributed by atoms with van der Waals surface area (Å²) < 4.78 is 5.57. The first-order valence-electron chi connectivity index (χ1n) is 8.50. The van der Waals surface area contributed by atoms with Crippen molar-refractivity contribution < 1.29 is 14.6 Å². The lowest BCUT2D eigenvalue weighted by molar-refractivity contribution is -0.146. The summed E-state index contributed by atoms with van der Waals surface area (Å²) in [7, 11) is 0. The minimum absolute atomic E-state index is 0.0487. The molecule has 5 nitrogen and oxygen atoms in total. The maximum Gasteiger partial charge on any atom is 0.226 e. The number of morpholine rings is 1. The molecule has 2 heterocycles. The molecule has 3 rings (SSSR count). The Morgan fingerprint density at radius 2 is 2.39 bits per heavy atom. The Bertz CT molecular complexity index is 508. The molecule has 4 atom stereocenters. The van der Waals surface area contributed by atoms with Gasteiger partial charge in [-0.1, -0.05) is 12.5 Å². The fourth-order valence-electron chi connectivity index (χ4n) is 3.85. The van der Waals surface area contributed by atoms with Crippen LogP contribution >= 0.6 is 11.3 Å². The highest BCUT2D eigenvalue weighted by molar-refractivity contribution is 7.10. The molecule has 128 valence electrons. The number of ether oxygens (including phenoxy) is 1. The van der Waals surface area contributed by atoms with E-state index in [2.05, 4.69) is 0 Å². The van der Waals surface area contributed by atoms with E-state index in [1.165, 1.54) is 0 Å². The molecule has 1 amide bonds. The molecule has 2 unspecified atom stereocenters. The van der Waals surface area contributed by atoms with Gasteiger partial charge in [-0.15, -0.1) is 11.3 Å². The summed E-state index contributed by atoms with van der Waals surface area (Å²) in [6.45, 7) is 2.29. The van der Waals surface area contributed by atoms with Crippen LogP contribution in [0.1, 0.15) is 36.7 Å². The zero-order chi connectivity index (χ0) is 16.2. The lowest BCUT2D eigenvalue weighted by Gasteiger charge is -2.38. The van der Waals surface area contributed by atoms with Crippen molar-refractivity contribution in [2.45, 2.75) is 37.8 Å². The molecule has 1 aliphatic heterocycles. The second-order valence-electron chi connectivity index (χ2n) is 6.56. The van der Waals surface area contributed by atoms with Gasteiger partial charge in [0.1, 0.15) is 0 Å². The molecule has 0 spiro atoms. The van der Waals surface area contributed by atoms with Crippen molar-refractivity contribution in [2.24, 2.45) is 17.6 Å². The van der Waals surface area contributed by atoms with E-state index < -0.39 is 6.10 Å². The third-order valence-electron chi connectivity index (χ3n) is 5.16. The number of hydrogen-bond donors (Lipinski definition) is 2. The van der Waals surface area contributed by atoms with Crippen molar-refractivity contribution in [1.82, 2.24) is 4.90 Å². The number of amides is 1. The summed E-state index contributed by atoms with van der Waals surface area (Å²) in [6, 6.07) is 3.83. The van der Waals surface area contributed by atoms with Crippen LogP contribution in [0, 0.1) is 11.8 Å². The molecule has 23 heavy (non-hydrogen) atoms. The Labute approximate surface area is 141 Å².